The van der Waals surface area contributed by atoms with Crippen molar-refractivity contribution in [1.82, 2.24) is 16.0 Å². The average molecular weight is 606 g/mol. The standard InChI is InChI=1S/C39H47N3O3/c43-37-25-17-6-4-2-1-3-5-7-18-28-40-39(45)36(29-31-19-11-8-12-20-31)42-38(44)35(33-23-15-10-16-24-33)27-26-34(30-41-37)32-21-13-9-14-22-32/h8-16,19-24,26-27,36H,1-7,17-18,25,28-30H2,(H,40,45)(H,41,43)(H,42,44)/b34-26+,35-27-/t36-/m0/s1. The summed E-state index contributed by atoms with van der Waals surface area (Å²) in [4.78, 5) is 40.2. The van der Waals surface area contributed by atoms with Crippen molar-refractivity contribution in [2.45, 2.75) is 76.7 Å². The Morgan fingerprint density at radius 2 is 1.13 bits per heavy atom. The zero-order chi connectivity index (χ0) is 31.5. The molecule has 0 fully saturated rings. The smallest absolute Gasteiger partial charge is 0.252 e. The minimum Gasteiger partial charge on any atom is -0.354 e. The van der Waals surface area contributed by atoms with Gasteiger partial charge in [0.1, 0.15) is 6.04 Å². The van der Waals surface area contributed by atoms with Crippen LogP contribution >= 0.6 is 0 Å². The Balaban J connectivity index is 1.64. The summed E-state index contributed by atoms with van der Waals surface area (Å²) >= 11 is 0. The van der Waals surface area contributed by atoms with Crippen LogP contribution in [0.1, 0.15) is 80.9 Å². The van der Waals surface area contributed by atoms with Crippen molar-refractivity contribution in [2.24, 2.45) is 0 Å². The van der Waals surface area contributed by atoms with Gasteiger partial charge >= 0.3 is 0 Å². The summed E-state index contributed by atoms with van der Waals surface area (Å²) in [6.07, 6.45) is 14.4. The van der Waals surface area contributed by atoms with E-state index >= 15 is 0 Å². The maximum absolute atomic E-state index is 14.0. The number of nitrogens with one attached hydrogen (secondary N) is 3. The van der Waals surface area contributed by atoms with Gasteiger partial charge in [-0.1, -0.05) is 142 Å². The summed E-state index contributed by atoms with van der Waals surface area (Å²) in [5.41, 5.74) is 4.02. The molecule has 3 N–H and O–H groups in total. The number of hydrogen-bond donors (Lipinski definition) is 3. The van der Waals surface area contributed by atoms with Crippen LogP contribution < -0.4 is 16.0 Å². The van der Waals surface area contributed by atoms with Crippen molar-refractivity contribution in [3.05, 3.63) is 120 Å². The number of hydrogen-bond acceptors (Lipinski definition) is 3. The molecule has 0 aromatic heterocycles. The molecule has 0 aliphatic carbocycles. The van der Waals surface area contributed by atoms with Gasteiger partial charge in [-0.15, -0.1) is 0 Å². The van der Waals surface area contributed by atoms with E-state index in [0.717, 1.165) is 60.8 Å². The van der Waals surface area contributed by atoms with E-state index in [-0.39, 0.29) is 17.7 Å². The Labute approximate surface area is 268 Å². The van der Waals surface area contributed by atoms with Gasteiger partial charge in [-0.3, -0.25) is 14.4 Å². The van der Waals surface area contributed by atoms with E-state index in [1.165, 1.54) is 19.3 Å². The fourth-order valence-corrected chi connectivity index (χ4v) is 5.57. The third-order valence-electron chi connectivity index (χ3n) is 8.19. The lowest BCUT2D eigenvalue weighted by atomic mass is 10.00. The zero-order valence-corrected chi connectivity index (χ0v) is 26.3. The second kappa shape index (κ2) is 19.0. The molecular formula is C39H47N3O3. The molecule has 6 nitrogen and oxygen atoms in total. The Kier molecular flexibility index (Phi) is 14.2. The van der Waals surface area contributed by atoms with Gasteiger partial charge in [0.15, 0.2) is 0 Å². The molecule has 0 spiro atoms. The van der Waals surface area contributed by atoms with Crippen molar-refractivity contribution in [1.29, 1.82) is 0 Å². The quantitative estimate of drug-likeness (QED) is 0.299. The second-order valence-corrected chi connectivity index (χ2v) is 11.7. The van der Waals surface area contributed by atoms with Crippen LogP contribution in [-0.4, -0.2) is 36.9 Å². The first kappa shape index (κ1) is 33.4. The van der Waals surface area contributed by atoms with Crippen LogP contribution in [0.3, 0.4) is 0 Å². The molecule has 3 amide bonds. The highest BCUT2D eigenvalue weighted by Gasteiger charge is 2.23. The van der Waals surface area contributed by atoms with Gasteiger partial charge in [0, 0.05) is 31.5 Å². The van der Waals surface area contributed by atoms with Gasteiger partial charge in [-0.25, -0.2) is 0 Å². The first-order chi connectivity index (χ1) is 22.1. The first-order valence-corrected chi connectivity index (χ1v) is 16.5. The molecule has 6 heteroatoms. The van der Waals surface area contributed by atoms with Crippen molar-refractivity contribution in [2.75, 3.05) is 13.1 Å². The molecular weight excluding hydrogens is 558 g/mol. The zero-order valence-electron chi connectivity index (χ0n) is 26.3. The highest BCUT2D eigenvalue weighted by molar-refractivity contribution is 6.20. The Morgan fingerprint density at radius 3 is 1.78 bits per heavy atom. The molecule has 0 saturated carbocycles. The van der Waals surface area contributed by atoms with Crippen LogP contribution in [0.4, 0.5) is 0 Å². The van der Waals surface area contributed by atoms with E-state index in [1.807, 2.05) is 97.1 Å². The molecule has 3 aromatic rings. The van der Waals surface area contributed by atoms with E-state index in [0.29, 0.717) is 31.5 Å². The van der Waals surface area contributed by atoms with E-state index < -0.39 is 6.04 Å². The normalized spacial score (nSPS) is 21.2. The lowest BCUT2D eigenvalue weighted by molar-refractivity contribution is -0.126. The largest absolute Gasteiger partial charge is 0.354 e. The van der Waals surface area contributed by atoms with E-state index in [9.17, 15) is 14.4 Å². The minimum atomic E-state index is -0.731. The van der Waals surface area contributed by atoms with Crippen LogP contribution in [0, 0.1) is 0 Å². The number of rotatable bonds is 4. The predicted octanol–water partition coefficient (Wildman–Crippen LogP) is 7.03. The molecule has 0 bridgehead atoms. The Hall–Kier alpha value is -4.45. The third kappa shape index (κ3) is 11.9. The summed E-state index contributed by atoms with van der Waals surface area (Å²) in [7, 11) is 0. The monoisotopic (exact) mass is 605 g/mol. The van der Waals surface area contributed by atoms with Crippen LogP contribution in [0.25, 0.3) is 11.1 Å². The van der Waals surface area contributed by atoms with Crippen LogP contribution in [-0.2, 0) is 20.8 Å². The van der Waals surface area contributed by atoms with Crippen LogP contribution in [0.2, 0.25) is 0 Å². The number of carbonyl (C=O) groups excluding carboxylic acids is 3. The minimum absolute atomic E-state index is 0.0370. The number of allylic oxidation sites excluding steroid dienone is 2. The highest BCUT2D eigenvalue weighted by Crippen LogP contribution is 2.20. The lowest BCUT2D eigenvalue weighted by Gasteiger charge is -2.20. The molecule has 45 heavy (non-hydrogen) atoms. The van der Waals surface area contributed by atoms with Gasteiger partial charge in [0.2, 0.25) is 11.8 Å². The van der Waals surface area contributed by atoms with Crippen LogP contribution in [0.15, 0.2) is 103 Å². The van der Waals surface area contributed by atoms with Crippen molar-refractivity contribution >= 4 is 28.9 Å². The van der Waals surface area contributed by atoms with Gasteiger partial charge in [0.25, 0.3) is 5.91 Å². The van der Waals surface area contributed by atoms with Crippen LogP contribution in [0.5, 0.6) is 0 Å². The van der Waals surface area contributed by atoms with Gasteiger partial charge in [-0.2, -0.15) is 0 Å². The van der Waals surface area contributed by atoms with Gasteiger partial charge in [-0.05, 0) is 41.2 Å². The summed E-state index contributed by atoms with van der Waals surface area (Å²) in [6.45, 7) is 0.938. The average Bonchev–Trinajstić information content (AvgIpc) is 3.07. The molecule has 1 aliphatic rings. The predicted molar refractivity (Wildman–Crippen MR) is 183 cm³/mol. The molecule has 0 radical (unpaired) electrons. The first-order valence-electron chi connectivity index (χ1n) is 16.5. The highest BCUT2D eigenvalue weighted by atomic mass is 16.2. The Bertz CT molecular complexity index is 1400. The Morgan fingerprint density at radius 1 is 0.578 bits per heavy atom. The van der Waals surface area contributed by atoms with Crippen molar-refractivity contribution in [3.63, 3.8) is 0 Å². The van der Waals surface area contributed by atoms with E-state index in [4.69, 9.17) is 0 Å². The second-order valence-electron chi connectivity index (χ2n) is 11.7. The maximum atomic E-state index is 14.0. The summed E-state index contributed by atoms with van der Waals surface area (Å²) in [6, 6.07) is 28.4. The van der Waals surface area contributed by atoms with Gasteiger partial charge in [0.05, 0.1) is 0 Å². The molecule has 1 atom stereocenters. The molecule has 1 heterocycles. The van der Waals surface area contributed by atoms with Crippen molar-refractivity contribution in [3.8, 4) is 0 Å². The van der Waals surface area contributed by atoms with Crippen molar-refractivity contribution < 1.29 is 14.4 Å². The molecule has 0 unspecified atom stereocenters. The molecule has 0 saturated heterocycles. The summed E-state index contributed by atoms with van der Waals surface area (Å²) in [5, 5.41) is 9.22. The van der Waals surface area contributed by atoms with E-state index in [1.54, 1.807) is 6.08 Å². The number of benzene rings is 3. The molecule has 4 rings (SSSR count). The SMILES string of the molecule is O=C1CCCCCCCCCCCNC(=O)[C@H](Cc2ccccc2)NC(=O)/C(c2ccccc2)=C\C=C(\c2ccccc2)CN1. The topological polar surface area (TPSA) is 87.3 Å². The van der Waals surface area contributed by atoms with Gasteiger partial charge < -0.3 is 16.0 Å². The number of amides is 3. The summed E-state index contributed by atoms with van der Waals surface area (Å²) < 4.78 is 0. The maximum Gasteiger partial charge on any atom is 0.252 e. The molecule has 1 aliphatic heterocycles. The lowest BCUT2D eigenvalue weighted by Crippen LogP contribution is -2.48. The van der Waals surface area contributed by atoms with E-state index in [2.05, 4.69) is 16.0 Å². The third-order valence-corrected chi connectivity index (χ3v) is 8.19. The molecule has 236 valence electrons. The fourth-order valence-electron chi connectivity index (χ4n) is 5.57. The fraction of sp³-hybridized carbons (Fsp3) is 0.359. The summed E-state index contributed by atoms with van der Waals surface area (Å²) in [5.74, 6) is -0.473. The molecule has 3 aromatic carbocycles. The number of carbonyl (C=O) groups is 3.